The molecule has 2 heterocycles. The van der Waals surface area contributed by atoms with Crippen LogP contribution in [0.25, 0.3) is 21.6 Å². The van der Waals surface area contributed by atoms with Crippen LogP contribution in [0.4, 0.5) is 4.39 Å². The first-order valence-electron chi connectivity index (χ1n) is 5.54. The van der Waals surface area contributed by atoms with Gasteiger partial charge in [0.1, 0.15) is 21.6 Å². The number of hydrogen-bond acceptors (Lipinski definition) is 4. The summed E-state index contributed by atoms with van der Waals surface area (Å²) in [5.41, 5.74) is 0.455. The summed E-state index contributed by atoms with van der Waals surface area (Å²) in [6.07, 6.45) is 0. The number of aromatic nitrogens is 2. The zero-order chi connectivity index (χ0) is 14.3. The predicted octanol–water partition coefficient (Wildman–Crippen LogP) is 4.92. The van der Waals surface area contributed by atoms with Crippen molar-refractivity contribution in [1.82, 2.24) is 9.97 Å². The fourth-order valence-electron chi connectivity index (χ4n) is 1.81. The fourth-order valence-corrected chi connectivity index (χ4v) is 3.18. The molecule has 3 rings (SSSR count). The maximum absolute atomic E-state index is 13.6. The van der Waals surface area contributed by atoms with Crippen LogP contribution in [0.2, 0.25) is 5.15 Å². The number of nitrogens with zero attached hydrogens (tertiary/aromatic N) is 2. The van der Waals surface area contributed by atoms with Crippen LogP contribution in [0.15, 0.2) is 28.1 Å². The Balaban J connectivity index is 2.26. The first-order chi connectivity index (χ1) is 9.60. The van der Waals surface area contributed by atoms with E-state index in [9.17, 15) is 4.39 Å². The van der Waals surface area contributed by atoms with Crippen LogP contribution in [0.5, 0.6) is 5.75 Å². The number of thiophene rings is 1. The monoisotopic (exact) mass is 372 g/mol. The molecule has 1 aromatic carbocycles. The summed E-state index contributed by atoms with van der Waals surface area (Å²) in [4.78, 5) is 9.39. The van der Waals surface area contributed by atoms with Gasteiger partial charge in [0.05, 0.1) is 17.1 Å². The molecule has 102 valence electrons. The van der Waals surface area contributed by atoms with E-state index in [1.807, 2.05) is 11.4 Å². The van der Waals surface area contributed by atoms with E-state index in [2.05, 4.69) is 25.9 Å². The summed E-state index contributed by atoms with van der Waals surface area (Å²) in [5.74, 6) is 0.704. The van der Waals surface area contributed by atoms with Crippen LogP contribution in [0, 0.1) is 5.82 Å². The molecular formula is C13H7BrClFN2OS. The predicted molar refractivity (Wildman–Crippen MR) is 82.1 cm³/mol. The summed E-state index contributed by atoms with van der Waals surface area (Å²) in [6.45, 7) is 0. The van der Waals surface area contributed by atoms with Crippen LogP contribution < -0.4 is 4.74 Å². The third-order valence-electron chi connectivity index (χ3n) is 2.74. The molecule has 0 aliphatic rings. The maximum atomic E-state index is 13.6. The minimum Gasteiger partial charge on any atom is -0.495 e. The molecule has 0 bridgehead atoms. The number of halogens is 3. The molecule has 3 nitrogen and oxygen atoms in total. The quantitative estimate of drug-likeness (QED) is 0.598. The van der Waals surface area contributed by atoms with Gasteiger partial charge in [-0.3, -0.25) is 0 Å². The molecule has 0 saturated heterocycles. The number of rotatable bonds is 2. The number of methoxy groups -OCH3 is 1. The fraction of sp³-hybridized carbons (Fsp3) is 0.0769. The molecule has 0 spiro atoms. The molecule has 0 saturated carbocycles. The first kappa shape index (κ1) is 13.7. The van der Waals surface area contributed by atoms with Crippen molar-refractivity contribution >= 4 is 49.8 Å². The molecule has 20 heavy (non-hydrogen) atoms. The van der Waals surface area contributed by atoms with E-state index in [-0.39, 0.29) is 5.15 Å². The lowest BCUT2D eigenvalue weighted by Crippen LogP contribution is -1.93. The van der Waals surface area contributed by atoms with Gasteiger partial charge in [0.25, 0.3) is 0 Å². The van der Waals surface area contributed by atoms with E-state index in [4.69, 9.17) is 16.3 Å². The highest BCUT2D eigenvalue weighted by Crippen LogP contribution is 2.35. The zero-order valence-electron chi connectivity index (χ0n) is 10.2. The third-order valence-corrected chi connectivity index (χ3v) is 4.53. The zero-order valence-corrected chi connectivity index (χ0v) is 13.3. The average molecular weight is 374 g/mol. The third kappa shape index (κ3) is 2.28. The Kier molecular flexibility index (Phi) is 3.62. The van der Waals surface area contributed by atoms with Crippen LogP contribution >= 0.6 is 38.9 Å². The van der Waals surface area contributed by atoms with Gasteiger partial charge in [-0.1, -0.05) is 11.6 Å². The van der Waals surface area contributed by atoms with Crippen molar-refractivity contribution in [3.05, 3.63) is 39.0 Å². The molecule has 0 unspecified atom stereocenters. The van der Waals surface area contributed by atoms with Crippen molar-refractivity contribution in [3.63, 3.8) is 0 Å². The second kappa shape index (κ2) is 5.27. The summed E-state index contributed by atoms with van der Waals surface area (Å²) >= 11 is 10.7. The van der Waals surface area contributed by atoms with Gasteiger partial charge in [0.15, 0.2) is 5.82 Å². The van der Waals surface area contributed by atoms with Crippen LogP contribution in [0.3, 0.4) is 0 Å². The maximum Gasteiger partial charge on any atom is 0.175 e. The van der Waals surface area contributed by atoms with Gasteiger partial charge in [-0.05, 0) is 33.4 Å². The van der Waals surface area contributed by atoms with Gasteiger partial charge in [0, 0.05) is 11.5 Å². The highest BCUT2D eigenvalue weighted by molar-refractivity contribution is 9.10. The Morgan fingerprint density at radius 2 is 2.15 bits per heavy atom. The van der Waals surface area contributed by atoms with E-state index in [0.717, 1.165) is 4.88 Å². The van der Waals surface area contributed by atoms with E-state index in [1.54, 1.807) is 13.2 Å². The minimum absolute atomic E-state index is 0.279. The summed E-state index contributed by atoms with van der Waals surface area (Å²) in [6, 6.07) is 4.72. The molecule has 0 amide bonds. The first-order valence-corrected chi connectivity index (χ1v) is 7.59. The van der Waals surface area contributed by atoms with Crippen molar-refractivity contribution in [2.75, 3.05) is 7.11 Å². The topological polar surface area (TPSA) is 35.0 Å². The molecule has 0 fully saturated rings. The molecule has 0 aliphatic carbocycles. The van der Waals surface area contributed by atoms with Crippen molar-refractivity contribution < 1.29 is 9.13 Å². The van der Waals surface area contributed by atoms with Crippen LogP contribution in [-0.4, -0.2) is 17.1 Å². The van der Waals surface area contributed by atoms with Crippen molar-refractivity contribution in [1.29, 1.82) is 0 Å². The van der Waals surface area contributed by atoms with E-state index in [1.165, 1.54) is 17.4 Å². The summed E-state index contributed by atoms with van der Waals surface area (Å²) < 4.78 is 19.2. The smallest absolute Gasteiger partial charge is 0.175 e. The Labute approximate surface area is 131 Å². The van der Waals surface area contributed by atoms with Crippen molar-refractivity contribution in [3.8, 4) is 16.5 Å². The summed E-state index contributed by atoms with van der Waals surface area (Å²) in [5, 5.41) is 2.75. The molecule has 0 aliphatic heterocycles. The van der Waals surface area contributed by atoms with Gasteiger partial charge in [-0.2, -0.15) is 0 Å². The van der Waals surface area contributed by atoms with Gasteiger partial charge in [-0.25, -0.2) is 14.4 Å². The lowest BCUT2D eigenvalue weighted by atomic mass is 10.2. The Morgan fingerprint density at radius 3 is 2.90 bits per heavy atom. The highest BCUT2D eigenvalue weighted by atomic mass is 79.9. The normalized spacial score (nSPS) is 11.0. The van der Waals surface area contributed by atoms with Crippen molar-refractivity contribution in [2.24, 2.45) is 0 Å². The Morgan fingerprint density at radius 1 is 1.35 bits per heavy atom. The van der Waals surface area contributed by atoms with Crippen LogP contribution in [-0.2, 0) is 0 Å². The van der Waals surface area contributed by atoms with Gasteiger partial charge < -0.3 is 4.74 Å². The lowest BCUT2D eigenvalue weighted by Gasteiger charge is -2.06. The summed E-state index contributed by atoms with van der Waals surface area (Å²) in [7, 11) is 1.57. The standard InChI is InChI=1S/C13H7BrClFN2OS/c1-19-10-2-3-20-11(10)13-17-9-5-8(16)7(14)4-6(9)12(15)18-13/h2-5H,1H3. The molecule has 0 atom stereocenters. The molecule has 3 aromatic rings. The number of hydrogen-bond donors (Lipinski definition) is 0. The Bertz CT molecular complexity index is 808. The highest BCUT2D eigenvalue weighted by Gasteiger charge is 2.15. The SMILES string of the molecule is COc1ccsc1-c1nc(Cl)c2cc(Br)c(F)cc2n1. The number of fused-ring (bicyclic) bond motifs is 1. The molecular weight excluding hydrogens is 367 g/mol. The van der Waals surface area contributed by atoms with Gasteiger partial charge in [-0.15, -0.1) is 11.3 Å². The average Bonchev–Trinajstić information content (AvgIpc) is 2.89. The molecule has 0 N–H and O–H groups in total. The molecule has 0 radical (unpaired) electrons. The minimum atomic E-state index is -0.392. The Hall–Kier alpha value is -1.24. The van der Waals surface area contributed by atoms with Gasteiger partial charge in [0.2, 0.25) is 0 Å². The number of benzene rings is 1. The van der Waals surface area contributed by atoms with Crippen LogP contribution in [0.1, 0.15) is 0 Å². The van der Waals surface area contributed by atoms with E-state index >= 15 is 0 Å². The number of ether oxygens (including phenoxy) is 1. The molecule has 7 heteroatoms. The van der Waals surface area contributed by atoms with Crippen molar-refractivity contribution in [2.45, 2.75) is 0 Å². The second-order valence-electron chi connectivity index (χ2n) is 3.94. The van der Waals surface area contributed by atoms with E-state index < -0.39 is 5.82 Å². The largest absolute Gasteiger partial charge is 0.495 e. The van der Waals surface area contributed by atoms with Gasteiger partial charge >= 0.3 is 0 Å². The van der Waals surface area contributed by atoms with E-state index in [0.29, 0.717) is 26.9 Å². The lowest BCUT2D eigenvalue weighted by molar-refractivity contribution is 0.418. The second-order valence-corrected chi connectivity index (χ2v) is 6.07. The molecule has 2 aromatic heterocycles.